The number of hydrogen-bond donors (Lipinski definition) is 1. The van der Waals surface area contributed by atoms with Gasteiger partial charge in [-0.3, -0.25) is 4.79 Å². The Balaban J connectivity index is 2.12. The Morgan fingerprint density at radius 1 is 1.10 bits per heavy atom. The van der Waals surface area contributed by atoms with Gasteiger partial charge in [-0.25, -0.2) is 0 Å². The first-order valence-electron chi connectivity index (χ1n) is 6.10. The summed E-state index contributed by atoms with van der Waals surface area (Å²) < 4.78 is 1.68. The zero-order valence-electron chi connectivity index (χ0n) is 10.7. The van der Waals surface area contributed by atoms with Crippen LogP contribution in [0.5, 0.6) is 0 Å². The maximum absolute atomic E-state index is 12.7. The van der Waals surface area contributed by atoms with Crippen molar-refractivity contribution in [2.75, 3.05) is 0 Å². The van der Waals surface area contributed by atoms with Crippen molar-refractivity contribution in [1.29, 1.82) is 5.26 Å². The van der Waals surface area contributed by atoms with Gasteiger partial charge in [0.05, 0.1) is 11.6 Å². The molecule has 1 N–H and O–H groups in total. The van der Waals surface area contributed by atoms with Gasteiger partial charge in [-0.2, -0.15) is 5.26 Å². The number of aromatic nitrogens is 1. The lowest BCUT2D eigenvalue weighted by Gasteiger charge is -2.02. The van der Waals surface area contributed by atoms with Gasteiger partial charge in [0, 0.05) is 37.2 Å². The van der Waals surface area contributed by atoms with Crippen molar-refractivity contribution in [3.05, 3.63) is 68.2 Å². The first-order valence-corrected chi connectivity index (χ1v) is 7.69. The van der Waals surface area contributed by atoms with Crippen LogP contribution in [0.25, 0.3) is 10.9 Å². The number of nitriles is 1. The highest BCUT2D eigenvalue weighted by molar-refractivity contribution is 9.11. The fourth-order valence-electron chi connectivity index (χ4n) is 2.22. The number of halogens is 2. The van der Waals surface area contributed by atoms with Crippen molar-refractivity contribution >= 4 is 48.5 Å². The summed E-state index contributed by atoms with van der Waals surface area (Å²) in [6.07, 6.45) is 1.68. The highest BCUT2D eigenvalue weighted by Crippen LogP contribution is 2.25. The van der Waals surface area contributed by atoms with Crippen molar-refractivity contribution < 1.29 is 4.79 Å². The summed E-state index contributed by atoms with van der Waals surface area (Å²) in [7, 11) is 0. The molecule has 2 aromatic carbocycles. The van der Waals surface area contributed by atoms with E-state index in [1.807, 2.05) is 6.07 Å². The molecular formula is C16H8Br2N2O. The van der Waals surface area contributed by atoms with Gasteiger partial charge in [0.2, 0.25) is 0 Å². The van der Waals surface area contributed by atoms with Crippen molar-refractivity contribution in [2.45, 2.75) is 0 Å². The van der Waals surface area contributed by atoms with Crippen LogP contribution in [0.2, 0.25) is 0 Å². The van der Waals surface area contributed by atoms with E-state index in [-0.39, 0.29) is 5.78 Å². The van der Waals surface area contributed by atoms with Crippen LogP contribution in [0, 0.1) is 11.3 Å². The summed E-state index contributed by atoms with van der Waals surface area (Å²) in [6, 6.07) is 12.8. The molecule has 21 heavy (non-hydrogen) atoms. The van der Waals surface area contributed by atoms with Crippen LogP contribution < -0.4 is 0 Å². The van der Waals surface area contributed by atoms with Gasteiger partial charge in [0.1, 0.15) is 0 Å². The predicted molar refractivity (Wildman–Crippen MR) is 88.3 cm³/mol. The van der Waals surface area contributed by atoms with Crippen LogP contribution in [-0.4, -0.2) is 10.8 Å². The van der Waals surface area contributed by atoms with E-state index in [1.165, 1.54) is 0 Å². The average molecular weight is 404 g/mol. The molecular weight excluding hydrogens is 396 g/mol. The van der Waals surface area contributed by atoms with Crippen molar-refractivity contribution in [3.63, 3.8) is 0 Å². The summed E-state index contributed by atoms with van der Waals surface area (Å²) in [5.41, 5.74) is 2.54. The van der Waals surface area contributed by atoms with Crippen LogP contribution in [0.4, 0.5) is 0 Å². The molecule has 0 saturated heterocycles. The molecule has 5 heteroatoms. The minimum absolute atomic E-state index is 0.0621. The second kappa shape index (κ2) is 5.47. The molecule has 0 unspecified atom stereocenters. The topological polar surface area (TPSA) is 56.6 Å². The first kappa shape index (κ1) is 14.1. The molecule has 1 heterocycles. The smallest absolute Gasteiger partial charge is 0.195 e. The number of nitrogens with zero attached hydrogens (tertiary/aromatic N) is 1. The van der Waals surface area contributed by atoms with Gasteiger partial charge < -0.3 is 4.98 Å². The van der Waals surface area contributed by atoms with E-state index in [9.17, 15) is 4.79 Å². The molecule has 0 aliphatic carbocycles. The lowest BCUT2D eigenvalue weighted by molar-refractivity contribution is 0.104. The molecule has 0 spiro atoms. The maximum atomic E-state index is 12.7. The molecule has 0 fully saturated rings. The second-order valence-electron chi connectivity index (χ2n) is 4.56. The Hall–Kier alpha value is -1.90. The van der Waals surface area contributed by atoms with Gasteiger partial charge in [0.25, 0.3) is 0 Å². The molecule has 3 nitrogen and oxygen atoms in total. The monoisotopic (exact) mass is 402 g/mol. The third-order valence-electron chi connectivity index (χ3n) is 3.18. The average Bonchev–Trinajstić information content (AvgIpc) is 2.88. The predicted octanol–water partition coefficient (Wildman–Crippen LogP) is 4.80. The van der Waals surface area contributed by atoms with E-state index in [4.69, 9.17) is 5.26 Å². The number of ketones is 1. The Labute approximate surface area is 137 Å². The third-order valence-corrected chi connectivity index (χ3v) is 4.10. The van der Waals surface area contributed by atoms with E-state index in [2.05, 4.69) is 42.9 Å². The fraction of sp³-hybridized carbons (Fsp3) is 0. The van der Waals surface area contributed by atoms with Crippen LogP contribution >= 0.6 is 31.9 Å². The zero-order valence-corrected chi connectivity index (χ0v) is 13.8. The van der Waals surface area contributed by atoms with Gasteiger partial charge in [-0.15, -0.1) is 0 Å². The molecule has 0 saturated carbocycles. The number of aromatic amines is 1. The fourth-order valence-corrected chi connectivity index (χ4v) is 3.52. The Morgan fingerprint density at radius 2 is 1.81 bits per heavy atom. The number of H-pyrrole nitrogens is 1. The summed E-state index contributed by atoms with van der Waals surface area (Å²) in [5.74, 6) is -0.0621. The quantitative estimate of drug-likeness (QED) is 0.625. The van der Waals surface area contributed by atoms with E-state index >= 15 is 0 Å². The molecule has 3 aromatic rings. The number of rotatable bonds is 2. The second-order valence-corrected chi connectivity index (χ2v) is 6.39. The Morgan fingerprint density at radius 3 is 2.48 bits per heavy atom. The van der Waals surface area contributed by atoms with Gasteiger partial charge in [-0.05, 0) is 30.3 Å². The first-order chi connectivity index (χ1) is 10.1. The van der Waals surface area contributed by atoms with Gasteiger partial charge >= 0.3 is 0 Å². The lowest BCUT2D eigenvalue weighted by atomic mass is 10.0. The minimum Gasteiger partial charge on any atom is -0.360 e. The highest BCUT2D eigenvalue weighted by atomic mass is 79.9. The molecule has 102 valence electrons. The molecule has 1 aromatic heterocycles. The van der Waals surface area contributed by atoms with Gasteiger partial charge in [-0.1, -0.05) is 37.9 Å². The van der Waals surface area contributed by atoms with E-state index < -0.39 is 0 Å². The molecule has 3 rings (SSSR count). The Kier molecular flexibility index (Phi) is 3.66. The molecule has 0 aliphatic rings. The molecule has 0 aliphatic heterocycles. The summed E-state index contributed by atoms with van der Waals surface area (Å²) in [6.45, 7) is 0. The zero-order chi connectivity index (χ0) is 15.0. The summed E-state index contributed by atoms with van der Waals surface area (Å²) in [5, 5.41) is 9.73. The van der Waals surface area contributed by atoms with Crippen LogP contribution in [-0.2, 0) is 0 Å². The molecule has 0 amide bonds. The summed E-state index contributed by atoms with van der Waals surface area (Å²) in [4.78, 5) is 15.7. The standard InChI is InChI=1S/C16H8Br2N2O/c17-11-4-10(5-12(18)6-11)16(21)14-8-20-15-3-9(7-19)1-2-13(14)15/h1-6,8,20H. The van der Waals surface area contributed by atoms with Crippen molar-refractivity contribution in [3.8, 4) is 6.07 Å². The van der Waals surface area contributed by atoms with Crippen LogP contribution in [0.15, 0.2) is 51.5 Å². The van der Waals surface area contributed by atoms with Gasteiger partial charge in [0.15, 0.2) is 5.78 Å². The van der Waals surface area contributed by atoms with E-state index in [0.717, 1.165) is 19.8 Å². The maximum Gasteiger partial charge on any atom is 0.195 e. The number of carbonyl (C=O) groups excluding carboxylic acids is 1. The van der Waals surface area contributed by atoms with E-state index in [1.54, 1.807) is 36.5 Å². The van der Waals surface area contributed by atoms with Crippen LogP contribution in [0.3, 0.4) is 0 Å². The minimum atomic E-state index is -0.0621. The molecule has 0 atom stereocenters. The number of nitrogens with one attached hydrogen (secondary N) is 1. The normalized spacial score (nSPS) is 10.5. The van der Waals surface area contributed by atoms with Crippen molar-refractivity contribution in [2.24, 2.45) is 0 Å². The highest BCUT2D eigenvalue weighted by Gasteiger charge is 2.15. The number of hydrogen-bond acceptors (Lipinski definition) is 2. The third kappa shape index (κ3) is 2.65. The van der Waals surface area contributed by atoms with Crippen LogP contribution in [0.1, 0.15) is 21.5 Å². The number of fused-ring (bicyclic) bond motifs is 1. The molecule has 0 radical (unpaired) electrons. The molecule has 0 bridgehead atoms. The number of benzene rings is 2. The lowest BCUT2D eigenvalue weighted by Crippen LogP contribution is -2.00. The summed E-state index contributed by atoms with van der Waals surface area (Å²) >= 11 is 6.77. The van der Waals surface area contributed by atoms with E-state index in [0.29, 0.717) is 16.7 Å². The SMILES string of the molecule is N#Cc1ccc2c(C(=O)c3cc(Br)cc(Br)c3)c[nH]c2c1. The van der Waals surface area contributed by atoms with Crippen molar-refractivity contribution in [1.82, 2.24) is 4.98 Å². The Bertz CT molecular complexity index is 886. The largest absolute Gasteiger partial charge is 0.360 e. The number of carbonyl (C=O) groups is 1.